The zero-order valence-electron chi connectivity index (χ0n) is 12.9. The lowest BCUT2D eigenvalue weighted by atomic mass is 9.94. The Balaban J connectivity index is 1.77. The molecule has 20 heavy (non-hydrogen) atoms. The number of nitrogens with one attached hydrogen (secondary N) is 1. The highest BCUT2D eigenvalue weighted by Crippen LogP contribution is 2.17. The Hall–Kier alpha value is -1.35. The molecule has 110 valence electrons. The highest BCUT2D eigenvalue weighted by atomic mass is 16.2. The summed E-state index contributed by atoms with van der Waals surface area (Å²) in [5.41, 5.74) is 1.07. The molecule has 0 unspecified atom stereocenters. The molecule has 1 aromatic carbocycles. The maximum Gasteiger partial charge on any atom is 0.225 e. The Bertz CT molecular complexity index is 428. The van der Waals surface area contributed by atoms with Gasteiger partial charge in [0, 0.05) is 31.1 Å². The van der Waals surface area contributed by atoms with Gasteiger partial charge in [-0.1, -0.05) is 51.1 Å². The van der Waals surface area contributed by atoms with Gasteiger partial charge in [0.15, 0.2) is 0 Å². The van der Waals surface area contributed by atoms with Crippen LogP contribution in [-0.4, -0.2) is 29.9 Å². The SMILES string of the molecule is CC(C)(C)C(=O)NC1CCN(Cc2ccccc2)CC1. The molecule has 0 spiro atoms. The van der Waals surface area contributed by atoms with Gasteiger partial charge in [-0.2, -0.15) is 0 Å². The predicted molar refractivity (Wildman–Crippen MR) is 82.3 cm³/mol. The van der Waals surface area contributed by atoms with E-state index >= 15 is 0 Å². The van der Waals surface area contributed by atoms with Gasteiger partial charge in [0.1, 0.15) is 0 Å². The van der Waals surface area contributed by atoms with E-state index < -0.39 is 0 Å². The van der Waals surface area contributed by atoms with Gasteiger partial charge in [-0.15, -0.1) is 0 Å². The van der Waals surface area contributed by atoms with Crippen molar-refractivity contribution in [3.63, 3.8) is 0 Å². The van der Waals surface area contributed by atoms with Gasteiger partial charge < -0.3 is 5.32 Å². The smallest absolute Gasteiger partial charge is 0.225 e. The number of likely N-dealkylation sites (tertiary alicyclic amines) is 1. The summed E-state index contributed by atoms with van der Waals surface area (Å²) in [5, 5.41) is 3.18. The second-order valence-electron chi connectivity index (χ2n) is 6.76. The number of hydrogen-bond acceptors (Lipinski definition) is 2. The fourth-order valence-electron chi connectivity index (χ4n) is 2.48. The van der Waals surface area contributed by atoms with Crippen LogP contribution in [0.2, 0.25) is 0 Å². The van der Waals surface area contributed by atoms with Crippen LogP contribution in [0.1, 0.15) is 39.2 Å². The maximum absolute atomic E-state index is 12.0. The minimum atomic E-state index is -0.291. The molecule has 1 aliphatic heterocycles. The number of piperidine rings is 1. The van der Waals surface area contributed by atoms with Gasteiger partial charge in [-0.3, -0.25) is 9.69 Å². The van der Waals surface area contributed by atoms with Gasteiger partial charge in [0.2, 0.25) is 5.91 Å². The number of carbonyl (C=O) groups excluding carboxylic acids is 1. The summed E-state index contributed by atoms with van der Waals surface area (Å²) in [6.45, 7) is 9.03. The maximum atomic E-state index is 12.0. The number of carbonyl (C=O) groups is 1. The van der Waals surface area contributed by atoms with E-state index in [0.29, 0.717) is 6.04 Å². The van der Waals surface area contributed by atoms with E-state index in [4.69, 9.17) is 0 Å². The number of amides is 1. The number of nitrogens with zero attached hydrogens (tertiary/aromatic N) is 1. The highest BCUT2D eigenvalue weighted by Gasteiger charge is 2.26. The molecule has 1 aromatic rings. The van der Waals surface area contributed by atoms with Gasteiger partial charge in [0.25, 0.3) is 0 Å². The molecule has 0 atom stereocenters. The van der Waals surface area contributed by atoms with Crippen LogP contribution in [0.3, 0.4) is 0 Å². The van der Waals surface area contributed by atoms with E-state index in [2.05, 4.69) is 40.5 Å². The molecule has 3 heteroatoms. The van der Waals surface area contributed by atoms with Crippen LogP contribution >= 0.6 is 0 Å². The monoisotopic (exact) mass is 274 g/mol. The van der Waals surface area contributed by atoms with Crippen LogP contribution in [0.4, 0.5) is 0 Å². The van der Waals surface area contributed by atoms with E-state index in [1.807, 2.05) is 20.8 Å². The van der Waals surface area contributed by atoms with E-state index in [0.717, 1.165) is 32.5 Å². The third-order valence-corrected chi connectivity index (χ3v) is 3.85. The van der Waals surface area contributed by atoms with Gasteiger partial charge in [-0.05, 0) is 18.4 Å². The van der Waals surface area contributed by atoms with Crippen LogP contribution in [0, 0.1) is 5.41 Å². The van der Waals surface area contributed by atoms with Crippen LogP contribution in [0.25, 0.3) is 0 Å². The lowest BCUT2D eigenvalue weighted by Crippen LogP contribution is -2.47. The summed E-state index contributed by atoms with van der Waals surface area (Å²) < 4.78 is 0. The van der Waals surface area contributed by atoms with E-state index in [-0.39, 0.29) is 11.3 Å². The fourth-order valence-corrected chi connectivity index (χ4v) is 2.48. The van der Waals surface area contributed by atoms with E-state index in [1.165, 1.54) is 5.56 Å². The minimum absolute atomic E-state index is 0.166. The first-order chi connectivity index (χ1) is 9.45. The van der Waals surface area contributed by atoms with Crippen LogP contribution in [-0.2, 0) is 11.3 Å². The number of rotatable bonds is 3. The molecule has 0 radical (unpaired) electrons. The van der Waals surface area contributed by atoms with Crippen molar-refractivity contribution in [1.29, 1.82) is 0 Å². The average Bonchev–Trinajstić information content (AvgIpc) is 2.41. The second kappa shape index (κ2) is 6.40. The quantitative estimate of drug-likeness (QED) is 0.919. The first-order valence-corrected chi connectivity index (χ1v) is 7.52. The summed E-state index contributed by atoms with van der Waals surface area (Å²) in [6, 6.07) is 10.9. The van der Waals surface area contributed by atoms with Crippen molar-refractivity contribution in [2.75, 3.05) is 13.1 Å². The first-order valence-electron chi connectivity index (χ1n) is 7.52. The van der Waals surface area contributed by atoms with Crippen molar-refractivity contribution < 1.29 is 4.79 Å². The molecule has 1 amide bonds. The third kappa shape index (κ3) is 4.34. The normalized spacial score (nSPS) is 17.9. The van der Waals surface area contributed by atoms with Crippen molar-refractivity contribution in [1.82, 2.24) is 10.2 Å². The molecule has 1 aliphatic rings. The van der Waals surface area contributed by atoms with Crippen molar-refractivity contribution >= 4 is 5.91 Å². The summed E-state index contributed by atoms with van der Waals surface area (Å²) in [4.78, 5) is 14.4. The Labute approximate surface area is 122 Å². The van der Waals surface area contributed by atoms with E-state index in [9.17, 15) is 4.79 Å². The van der Waals surface area contributed by atoms with Crippen molar-refractivity contribution in [3.8, 4) is 0 Å². The molecule has 1 N–H and O–H groups in total. The summed E-state index contributed by atoms with van der Waals surface area (Å²) in [7, 11) is 0. The van der Waals surface area contributed by atoms with Crippen LogP contribution in [0.15, 0.2) is 30.3 Å². The first kappa shape index (κ1) is 15.0. The summed E-state index contributed by atoms with van der Waals surface area (Å²) in [5.74, 6) is 0.166. The summed E-state index contributed by atoms with van der Waals surface area (Å²) >= 11 is 0. The van der Waals surface area contributed by atoms with E-state index in [1.54, 1.807) is 0 Å². The fraction of sp³-hybridized carbons (Fsp3) is 0.588. The van der Waals surface area contributed by atoms with Gasteiger partial charge in [0.05, 0.1) is 0 Å². The molecule has 2 rings (SSSR count). The Morgan fingerprint density at radius 2 is 1.80 bits per heavy atom. The Morgan fingerprint density at radius 1 is 1.20 bits per heavy atom. The Morgan fingerprint density at radius 3 is 2.35 bits per heavy atom. The lowest BCUT2D eigenvalue weighted by Gasteiger charge is -2.33. The van der Waals surface area contributed by atoms with Gasteiger partial charge >= 0.3 is 0 Å². The molecule has 1 fully saturated rings. The summed E-state index contributed by atoms with van der Waals surface area (Å²) in [6.07, 6.45) is 2.10. The van der Waals surface area contributed by atoms with Gasteiger partial charge in [-0.25, -0.2) is 0 Å². The van der Waals surface area contributed by atoms with Crippen molar-refractivity contribution in [2.24, 2.45) is 5.41 Å². The molecule has 1 heterocycles. The second-order valence-corrected chi connectivity index (χ2v) is 6.76. The molecule has 0 saturated carbocycles. The average molecular weight is 274 g/mol. The zero-order valence-corrected chi connectivity index (χ0v) is 12.9. The van der Waals surface area contributed by atoms with Crippen LogP contribution < -0.4 is 5.32 Å². The molecular formula is C17H26N2O. The molecular weight excluding hydrogens is 248 g/mol. The Kier molecular flexibility index (Phi) is 4.81. The largest absolute Gasteiger partial charge is 0.353 e. The molecule has 1 saturated heterocycles. The molecule has 0 aliphatic carbocycles. The zero-order chi connectivity index (χ0) is 14.6. The van der Waals surface area contributed by atoms with Crippen molar-refractivity contribution in [3.05, 3.63) is 35.9 Å². The lowest BCUT2D eigenvalue weighted by molar-refractivity contribution is -0.129. The van der Waals surface area contributed by atoms with Crippen molar-refractivity contribution in [2.45, 2.75) is 46.2 Å². The topological polar surface area (TPSA) is 32.3 Å². The molecule has 3 nitrogen and oxygen atoms in total. The standard InChI is InChI=1S/C17H26N2O/c1-17(2,3)16(20)18-15-9-11-19(12-10-15)13-14-7-5-4-6-8-14/h4-8,15H,9-13H2,1-3H3,(H,18,20). The predicted octanol–water partition coefficient (Wildman–Crippen LogP) is 2.81. The number of benzene rings is 1. The highest BCUT2D eigenvalue weighted by molar-refractivity contribution is 5.81. The minimum Gasteiger partial charge on any atom is -0.353 e. The third-order valence-electron chi connectivity index (χ3n) is 3.85. The molecule has 0 bridgehead atoms. The molecule has 0 aromatic heterocycles. The number of hydrogen-bond donors (Lipinski definition) is 1. The van der Waals surface area contributed by atoms with Crippen LogP contribution in [0.5, 0.6) is 0 Å².